The summed E-state index contributed by atoms with van der Waals surface area (Å²) < 4.78 is 5.08. The Morgan fingerprint density at radius 2 is 1.87 bits per heavy atom. The van der Waals surface area contributed by atoms with Crippen LogP contribution in [0.2, 0.25) is 0 Å². The van der Waals surface area contributed by atoms with Gasteiger partial charge in [-0.2, -0.15) is 0 Å². The van der Waals surface area contributed by atoms with E-state index in [-0.39, 0.29) is 6.01 Å². The molecule has 0 atom stereocenters. The molecule has 0 radical (unpaired) electrons. The molecule has 0 saturated heterocycles. The molecule has 0 bridgehead atoms. The van der Waals surface area contributed by atoms with Crippen LogP contribution >= 0.6 is 0 Å². The number of hydrogen-bond donors (Lipinski definition) is 1. The summed E-state index contributed by atoms with van der Waals surface area (Å²) in [5.74, 6) is 0.614. The normalized spacial score (nSPS) is 10.4. The third kappa shape index (κ3) is 2.80. The van der Waals surface area contributed by atoms with Gasteiger partial charge in [-0.15, -0.1) is 5.10 Å². The molecule has 2 rings (SSSR count). The summed E-state index contributed by atoms with van der Waals surface area (Å²) in [4.78, 5) is 0. The maximum Gasteiger partial charge on any atom is 0.312 e. The first-order valence-corrected chi connectivity index (χ1v) is 4.96. The lowest BCUT2D eigenvalue weighted by molar-refractivity contribution is 0.501. The fourth-order valence-electron chi connectivity index (χ4n) is 1.46. The van der Waals surface area contributed by atoms with Crippen molar-refractivity contribution in [2.45, 2.75) is 19.3 Å². The van der Waals surface area contributed by atoms with Gasteiger partial charge in [0.2, 0.25) is 5.89 Å². The molecule has 0 aliphatic rings. The van der Waals surface area contributed by atoms with Crippen molar-refractivity contribution in [1.82, 2.24) is 10.2 Å². The van der Waals surface area contributed by atoms with Gasteiger partial charge in [0.1, 0.15) is 0 Å². The summed E-state index contributed by atoms with van der Waals surface area (Å²) in [6.45, 7) is 0. The van der Waals surface area contributed by atoms with Crippen molar-refractivity contribution in [3.63, 3.8) is 0 Å². The third-order valence-electron chi connectivity index (χ3n) is 2.18. The first-order valence-electron chi connectivity index (χ1n) is 4.96. The van der Waals surface area contributed by atoms with Crippen molar-refractivity contribution >= 4 is 6.01 Å². The minimum Gasteiger partial charge on any atom is -0.408 e. The molecule has 0 aliphatic heterocycles. The Morgan fingerprint density at radius 3 is 2.53 bits per heavy atom. The number of aromatic nitrogens is 2. The van der Waals surface area contributed by atoms with Crippen molar-refractivity contribution < 1.29 is 4.42 Å². The van der Waals surface area contributed by atoms with Crippen LogP contribution in [0.15, 0.2) is 34.7 Å². The monoisotopic (exact) mass is 203 g/mol. The van der Waals surface area contributed by atoms with E-state index >= 15 is 0 Å². The third-order valence-corrected chi connectivity index (χ3v) is 2.18. The SMILES string of the molecule is Nc1nnc(CCCc2ccccc2)o1. The highest BCUT2D eigenvalue weighted by atomic mass is 16.4. The summed E-state index contributed by atoms with van der Waals surface area (Å²) in [6.07, 6.45) is 2.79. The zero-order valence-electron chi connectivity index (χ0n) is 8.39. The molecule has 2 N–H and O–H groups in total. The average Bonchev–Trinajstić information content (AvgIpc) is 2.66. The molecule has 2 aromatic rings. The number of nitrogens with two attached hydrogens (primary N) is 1. The molecule has 4 heteroatoms. The Bertz CT molecular complexity index is 411. The smallest absolute Gasteiger partial charge is 0.312 e. The highest BCUT2D eigenvalue weighted by Crippen LogP contribution is 2.07. The number of hydrogen-bond acceptors (Lipinski definition) is 4. The molecule has 0 amide bonds. The standard InChI is InChI=1S/C11H13N3O/c12-11-14-13-10(15-11)8-4-7-9-5-2-1-3-6-9/h1-3,5-6H,4,7-8H2,(H2,12,14). The van der Waals surface area contributed by atoms with Crippen LogP contribution in [0.25, 0.3) is 0 Å². The molecular weight excluding hydrogens is 190 g/mol. The Morgan fingerprint density at radius 1 is 1.07 bits per heavy atom. The molecule has 1 heterocycles. The van der Waals surface area contributed by atoms with Crippen LogP contribution in [-0.4, -0.2) is 10.2 Å². The molecule has 0 spiro atoms. The highest BCUT2D eigenvalue weighted by molar-refractivity contribution is 5.14. The predicted molar refractivity (Wildman–Crippen MR) is 57.2 cm³/mol. The van der Waals surface area contributed by atoms with Crippen LogP contribution in [0, 0.1) is 0 Å². The lowest BCUT2D eigenvalue weighted by Gasteiger charge is -1.98. The molecule has 0 saturated carbocycles. The van der Waals surface area contributed by atoms with E-state index in [0.717, 1.165) is 19.3 Å². The highest BCUT2D eigenvalue weighted by Gasteiger charge is 2.02. The van der Waals surface area contributed by atoms with E-state index in [4.69, 9.17) is 10.2 Å². The zero-order chi connectivity index (χ0) is 10.5. The summed E-state index contributed by atoms with van der Waals surface area (Å²) in [7, 11) is 0. The second kappa shape index (κ2) is 4.59. The van der Waals surface area contributed by atoms with Crippen molar-refractivity contribution in [1.29, 1.82) is 0 Å². The molecule has 0 aliphatic carbocycles. The minimum absolute atomic E-state index is 0.143. The maximum atomic E-state index is 5.32. The number of nitrogens with zero attached hydrogens (tertiary/aromatic N) is 2. The maximum absolute atomic E-state index is 5.32. The summed E-state index contributed by atoms with van der Waals surface area (Å²) in [5.41, 5.74) is 6.65. The number of anilines is 1. The number of rotatable bonds is 4. The van der Waals surface area contributed by atoms with Crippen molar-refractivity contribution in [2.75, 3.05) is 5.73 Å². The fraction of sp³-hybridized carbons (Fsp3) is 0.273. The molecule has 15 heavy (non-hydrogen) atoms. The number of benzene rings is 1. The Hall–Kier alpha value is -1.84. The molecule has 1 aromatic carbocycles. The summed E-state index contributed by atoms with van der Waals surface area (Å²) in [5, 5.41) is 7.41. The van der Waals surface area contributed by atoms with Crippen LogP contribution in [0.1, 0.15) is 17.9 Å². The van der Waals surface area contributed by atoms with E-state index in [1.54, 1.807) is 0 Å². The largest absolute Gasteiger partial charge is 0.408 e. The van der Waals surface area contributed by atoms with E-state index in [1.807, 2.05) is 18.2 Å². The van der Waals surface area contributed by atoms with E-state index in [9.17, 15) is 0 Å². The molecular formula is C11H13N3O. The first-order chi connectivity index (χ1) is 7.34. The quantitative estimate of drug-likeness (QED) is 0.823. The Kier molecular flexibility index (Phi) is 2.97. The fourth-order valence-corrected chi connectivity index (χ4v) is 1.46. The summed E-state index contributed by atoms with van der Waals surface area (Å²) in [6, 6.07) is 10.5. The Labute approximate surface area is 88.1 Å². The second-order valence-corrected chi connectivity index (χ2v) is 3.37. The van der Waals surface area contributed by atoms with Crippen LogP contribution in [-0.2, 0) is 12.8 Å². The molecule has 1 aromatic heterocycles. The summed E-state index contributed by atoms with van der Waals surface area (Å²) >= 11 is 0. The van der Waals surface area contributed by atoms with Crippen LogP contribution < -0.4 is 5.73 Å². The first kappa shape index (κ1) is 9.71. The van der Waals surface area contributed by atoms with Gasteiger partial charge in [0.05, 0.1) is 0 Å². The van der Waals surface area contributed by atoms with Gasteiger partial charge in [0.25, 0.3) is 0 Å². The van der Waals surface area contributed by atoms with Gasteiger partial charge in [-0.3, -0.25) is 0 Å². The van der Waals surface area contributed by atoms with Crippen LogP contribution in [0.5, 0.6) is 0 Å². The van der Waals surface area contributed by atoms with Crippen molar-refractivity contribution in [3.8, 4) is 0 Å². The minimum atomic E-state index is 0.143. The van der Waals surface area contributed by atoms with E-state index in [0.29, 0.717) is 5.89 Å². The van der Waals surface area contributed by atoms with E-state index in [1.165, 1.54) is 5.56 Å². The predicted octanol–water partition coefficient (Wildman–Crippen LogP) is 1.83. The zero-order valence-corrected chi connectivity index (χ0v) is 8.39. The topological polar surface area (TPSA) is 64.9 Å². The molecule has 0 fully saturated rings. The van der Waals surface area contributed by atoms with Gasteiger partial charge in [0, 0.05) is 6.42 Å². The second-order valence-electron chi connectivity index (χ2n) is 3.37. The molecule has 78 valence electrons. The molecule has 0 unspecified atom stereocenters. The Balaban J connectivity index is 1.80. The molecule has 4 nitrogen and oxygen atoms in total. The van der Waals surface area contributed by atoms with Crippen LogP contribution in [0.3, 0.4) is 0 Å². The number of aryl methyl sites for hydroxylation is 2. The number of nitrogen functional groups attached to an aromatic ring is 1. The lowest BCUT2D eigenvalue weighted by atomic mass is 10.1. The van der Waals surface area contributed by atoms with Gasteiger partial charge >= 0.3 is 6.01 Å². The van der Waals surface area contributed by atoms with Crippen molar-refractivity contribution in [2.24, 2.45) is 0 Å². The van der Waals surface area contributed by atoms with Gasteiger partial charge in [-0.25, -0.2) is 0 Å². The van der Waals surface area contributed by atoms with Gasteiger partial charge in [-0.05, 0) is 18.4 Å². The van der Waals surface area contributed by atoms with E-state index < -0.39 is 0 Å². The van der Waals surface area contributed by atoms with E-state index in [2.05, 4.69) is 22.3 Å². The van der Waals surface area contributed by atoms with Gasteiger partial charge < -0.3 is 10.2 Å². The lowest BCUT2D eigenvalue weighted by Crippen LogP contribution is -1.90. The van der Waals surface area contributed by atoms with Crippen LogP contribution in [0.4, 0.5) is 6.01 Å². The van der Waals surface area contributed by atoms with Gasteiger partial charge in [-0.1, -0.05) is 35.4 Å². The van der Waals surface area contributed by atoms with Gasteiger partial charge in [0.15, 0.2) is 0 Å². The van der Waals surface area contributed by atoms with Crippen molar-refractivity contribution in [3.05, 3.63) is 41.8 Å². The average molecular weight is 203 g/mol.